The minimum atomic E-state index is -0.205. The lowest BCUT2D eigenvalue weighted by atomic mass is 9.74. The highest BCUT2D eigenvalue weighted by Gasteiger charge is 2.40. The number of para-hydroxylation sites is 2. The number of rotatable bonds is 5. The van der Waals surface area contributed by atoms with Gasteiger partial charge in [0.15, 0.2) is 5.82 Å². The number of aromatic nitrogens is 2. The fourth-order valence-electron chi connectivity index (χ4n) is 8.00. The van der Waals surface area contributed by atoms with Crippen molar-refractivity contribution in [3.8, 4) is 56.2 Å². The van der Waals surface area contributed by atoms with Crippen LogP contribution in [0.4, 0.5) is 0 Å². The Bertz CT molecular complexity index is 2750. The Morgan fingerprint density at radius 2 is 1.06 bits per heavy atom. The van der Waals surface area contributed by atoms with Crippen molar-refractivity contribution >= 4 is 21.9 Å². The maximum Gasteiger partial charge on any atom is 0.160 e. The summed E-state index contributed by atoms with van der Waals surface area (Å²) in [6.07, 6.45) is 0. The van der Waals surface area contributed by atoms with Crippen LogP contribution in [0.15, 0.2) is 180 Å². The van der Waals surface area contributed by atoms with E-state index in [-0.39, 0.29) is 5.41 Å². The molecule has 7 aromatic carbocycles. The van der Waals surface area contributed by atoms with Crippen LogP contribution in [0.25, 0.3) is 78.1 Å². The van der Waals surface area contributed by atoms with E-state index in [1.165, 1.54) is 33.4 Å². The van der Waals surface area contributed by atoms with Crippen molar-refractivity contribution in [2.75, 3.05) is 0 Å². The SMILES string of the molecule is CC1(c2ccccc2)c2ccccc2-c2cc(-c3ccc(-c4cc(-c5cccc6c5oc5ccccc56)nc(-c5ccccc5)n4)cc3)ccc21. The highest BCUT2D eigenvalue weighted by Crippen LogP contribution is 2.53. The van der Waals surface area contributed by atoms with Gasteiger partial charge in [-0.15, -0.1) is 0 Å². The molecule has 0 bridgehead atoms. The molecular weight excluding hydrogens is 621 g/mol. The molecule has 51 heavy (non-hydrogen) atoms. The first-order valence-corrected chi connectivity index (χ1v) is 17.4. The summed E-state index contributed by atoms with van der Waals surface area (Å²) in [6, 6.07) is 62.2. The van der Waals surface area contributed by atoms with Crippen LogP contribution in [-0.4, -0.2) is 9.97 Å². The summed E-state index contributed by atoms with van der Waals surface area (Å²) in [6.45, 7) is 2.36. The van der Waals surface area contributed by atoms with E-state index in [0.29, 0.717) is 5.82 Å². The van der Waals surface area contributed by atoms with Gasteiger partial charge in [0, 0.05) is 32.9 Å². The Hall–Kier alpha value is -6.58. The zero-order chi connectivity index (χ0) is 33.9. The lowest BCUT2D eigenvalue weighted by molar-refractivity contribution is 0.670. The second-order valence-electron chi connectivity index (χ2n) is 13.5. The van der Waals surface area contributed by atoms with Crippen LogP contribution in [0.2, 0.25) is 0 Å². The molecule has 240 valence electrons. The van der Waals surface area contributed by atoms with Gasteiger partial charge in [0.05, 0.1) is 11.4 Å². The van der Waals surface area contributed by atoms with E-state index in [2.05, 4.69) is 146 Å². The van der Waals surface area contributed by atoms with Gasteiger partial charge in [0.1, 0.15) is 11.2 Å². The van der Waals surface area contributed by atoms with Crippen molar-refractivity contribution in [2.45, 2.75) is 12.3 Å². The van der Waals surface area contributed by atoms with Crippen LogP contribution < -0.4 is 0 Å². The van der Waals surface area contributed by atoms with Gasteiger partial charge in [-0.1, -0.05) is 152 Å². The van der Waals surface area contributed by atoms with E-state index >= 15 is 0 Å². The zero-order valence-electron chi connectivity index (χ0n) is 28.0. The quantitative estimate of drug-likeness (QED) is 0.186. The lowest BCUT2D eigenvalue weighted by Gasteiger charge is -2.28. The van der Waals surface area contributed by atoms with Crippen LogP contribution in [0, 0.1) is 0 Å². The topological polar surface area (TPSA) is 38.9 Å². The van der Waals surface area contributed by atoms with Gasteiger partial charge in [-0.2, -0.15) is 0 Å². The van der Waals surface area contributed by atoms with Gasteiger partial charge >= 0.3 is 0 Å². The van der Waals surface area contributed by atoms with Gasteiger partial charge in [0.25, 0.3) is 0 Å². The number of furan rings is 1. The van der Waals surface area contributed by atoms with E-state index in [4.69, 9.17) is 14.4 Å². The molecule has 1 aliphatic rings. The number of hydrogen-bond donors (Lipinski definition) is 0. The monoisotopic (exact) mass is 652 g/mol. The first-order chi connectivity index (χ1) is 25.1. The lowest BCUT2D eigenvalue weighted by Crippen LogP contribution is -2.22. The summed E-state index contributed by atoms with van der Waals surface area (Å²) in [5.74, 6) is 0.680. The number of nitrogens with zero attached hydrogens (tertiary/aromatic N) is 2. The normalized spacial score (nSPS) is 14.8. The summed E-state index contributed by atoms with van der Waals surface area (Å²) in [5.41, 5.74) is 15.1. The van der Waals surface area contributed by atoms with Gasteiger partial charge in [-0.05, 0) is 70.1 Å². The van der Waals surface area contributed by atoms with Gasteiger partial charge in [-0.25, -0.2) is 9.97 Å². The molecule has 3 nitrogen and oxygen atoms in total. The summed E-state index contributed by atoms with van der Waals surface area (Å²) < 4.78 is 6.43. The molecule has 3 heteroatoms. The molecule has 2 heterocycles. The molecule has 0 spiro atoms. The summed E-state index contributed by atoms with van der Waals surface area (Å²) in [4.78, 5) is 10.2. The summed E-state index contributed by atoms with van der Waals surface area (Å²) >= 11 is 0. The Morgan fingerprint density at radius 1 is 0.431 bits per heavy atom. The molecule has 0 fully saturated rings. The van der Waals surface area contributed by atoms with Gasteiger partial charge < -0.3 is 4.42 Å². The van der Waals surface area contributed by atoms with Crippen molar-refractivity contribution in [1.82, 2.24) is 9.97 Å². The Kier molecular flexibility index (Phi) is 6.62. The average Bonchev–Trinajstić information content (AvgIpc) is 3.72. The van der Waals surface area contributed by atoms with Crippen LogP contribution in [0.3, 0.4) is 0 Å². The summed E-state index contributed by atoms with van der Waals surface area (Å²) in [7, 11) is 0. The molecule has 1 unspecified atom stereocenters. The second-order valence-corrected chi connectivity index (χ2v) is 13.5. The molecule has 0 saturated carbocycles. The molecule has 0 saturated heterocycles. The molecule has 1 atom stereocenters. The van der Waals surface area contributed by atoms with Crippen LogP contribution in [-0.2, 0) is 5.41 Å². The third-order valence-corrected chi connectivity index (χ3v) is 10.6. The number of fused-ring (bicyclic) bond motifs is 6. The molecule has 0 amide bonds. The number of hydrogen-bond acceptors (Lipinski definition) is 3. The molecule has 0 radical (unpaired) electrons. The molecule has 2 aromatic heterocycles. The minimum absolute atomic E-state index is 0.205. The van der Waals surface area contributed by atoms with Crippen LogP contribution >= 0.6 is 0 Å². The van der Waals surface area contributed by atoms with E-state index in [9.17, 15) is 0 Å². The summed E-state index contributed by atoms with van der Waals surface area (Å²) in [5, 5.41) is 2.18. The fourth-order valence-corrected chi connectivity index (χ4v) is 8.00. The average molecular weight is 653 g/mol. The van der Waals surface area contributed by atoms with Crippen molar-refractivity contribution in [3.05, 3.63) is 193 Å². The fraction of sp³-hybridized carbons (Fsp3) is 0.0417. The molecule has 0 N–H and O–H groups in total. The molecule has 10 rings (SSSR count). The highest BCUT2D eigenvalue weighted by molar-refractivity contribution is 6.09. The Balaban J connectivity index is 1.07. The highest BCUT2D eigenvalue weighted by atomic mass is 16.3. The van der Waals surface area contributed by atoms with Crippen LogP contribution in [0.1, 0.15) is 23.6 Å². The maximum absolute atomic E-state index is 6.43. The molecular formula is C48H32N2O. The minimum Gasteiger partial charge on any atom is -0.455 e. The largest absolute Gasteiger partial charge is 0.455 e. The van der Waals surface area contributed by atoms with E-state index in [1.54, 1.807) is 0 Å². The smallest absolute Gasteiger partial charge is 0.160 e. The van der Waals surface area contributed by atoms with Crippen molar-refractivity contribution in [3.63, 3.8) is 0 Å². The van der Waals surface area contributed by atoms with E-state index in [0.717, 1.165) is 55.6 Å². The van der Waals surface area contributed by atoms with E-state index in [1.807, 2.05) is 36.4 Å². The zero-order valence-corrected chi connectivity index (χ0v) is 28.0. The standard InChI is InChI=1S/C48H32N2O/c1-48(35-15-6-3-7-16-35)41-21-10-8-17-36(41)40-29-34(27-28-42(40)48)31-23-25-32(26-24-31)43-30-44(50-47(49-43)33-13-4-2-5-14-33)39-20-12-19-38-37-18-9-11-22-45(37)51-46(38)39/h2-30H,1H3. The van der Waals surface area contributed by atoms with Crippen molar-refractivity contribution in [2.24, 2.45) is 0 Å². The van der Waals surface area contributed by atoms with Crippen molar-refractivity contribution in [1.29, 1.82) is 0 Å². The van der Waals surface area contributed by atoms with E-state index < -0.39 is 0 Å². The third-order valence-electron chi connectivity index (χ3n) is 10.6. The second kappa shape index (κ2) is 11.5. The third kappa shape index (κ3) is 4.66. The Labute approximate surface area is 296 Å². The van der Waals surface area contributed by atoms with Gasteiger partial charge in [0.2, 0.25) is 0 Å². The predicted molar refractivity (Wildman–Crippen MR) is 208 cm³/mol. The maximum atomic E-state index is 6.43. The first-order valence-electron chi connectivity index (χ1n) is 17.4. The Morgan fingerprint density at radius 3 is 1.90 bits per heavy atom. The molecule has 1 aliphatic carbocycles. The molecule has 9 aromatic rings. The van der Waals surface area contributed by atoms with Gasteiger partial charge in [-0.3, -0.25) is 0 Å². The van der Waals surface area contributed by atoms with Crippen LogP contribution in [0.5, 0.6) is 0 Å². The van der Waals surface area contributed by atoms with Crippen molar-refractivity contribution < 1.29 is 4.42 Å². The predicted octanol–water partition coefficient (Wildman–Crippen LogP) is 12.4. The number of benzene rings is 7. The first kappa shape index (κ1) is 29.3. The molecule has 0 aliphatic heterocycles.